The molecule has 140 valence electrons. The zero-order valence-electron chi connectivity index (χ0n) is 16.3. The van der Waals surface area contributed by atoms with Crippen LogP contribution < -0.4 is 15.4 Å². The van der Waals surface area contributed by atoms with Crippen molar-refractivity contribution in [3.8, 4) is 5.75 Å². The minimum atomic E-state index is 0.672. The van der Waals surface area contributed by atoms with Gasteiger partial charge in [-0.3, -0.25) is 9.98 Å². The van der Waals surface area contributed by atoms with Gasteiger partial charge in [-0.2, -0.15) is 0 Å². The van der Waals surface area contributed by atoms with Crippen LogP contribution in [0.1, 0.15) is 35.7 Å². The van der Waals surface area contributed by atoms with E-state index >= 15 is 0 Å². The van der Waals surface area contributed by atoms with E-state index in [1.54, 1.807) is 7.05 Å². The second kappa shape index (κ2) is 10.4. The van der Waals surface area contributed by atoms with Crippen molar-refractivity contribution >= 4 is 5.96 Å². The van der Waals surface area contributed by atoms with Gasteiger partial charge in [0.2, 0.25) is 0 Å². The largest absolute Gasteiger partial charge is 0.493 e. The highest BCUT2D eigenvalue weighted by molar-refractivity contribution is 5.79. The van der Waals surface area contributed by atoms with Crippen molar-refractivity contribution in [1.29, 1.82) is 0 Å². The normalized spacial score (nSPS) is 11.3. The molecule has 0 aliphatic carbocycles. The van der Waals surface area contributed by atoms with E-state index < -0.39 is 0 Å². The number of aromatic nitrogens is 1. The van der Waals surface area contributed by atoms with E-state index in [1.807, 2.05) is 19.2 Å². The number of pyridine rings is 1. The summed E-state index contributed by atoms with van der Waals surface area (Å²) in [4.78, 5) is 8.62. The van der Waals surface area contributed by atoms with Crippen LogP contribution in [0.5, 0.6) is 5.75 Å². The fourth-order valence-electron chi connectivity index (χ4n) is 2.53. The van der Waals surface area contributed by atoms with E-state index in [4.69, 9.17) is 4.74 Å². The van der Waals surface area contributed by atoms with E-state index in [0.29, 0.717) is 6.54 Å². The quantitative estimate of drug-likeness (QED) is 0.563. The molecule has 0 saturated carbocycles. The first-order valence-corrected chi connectivity index (χ1v) is 9.20. The van der Waals surface area contributed by atoms with Gasteiger partial charge in [0, 0.05) is 37.6 Å². The first-order chi connectivity index (χ1) is 12.6. The molecule has 2 rings (SSSR count). The Hall–Kier alpha value is -2.56. The summed E-state index contributed by atoms with van der Waals surface area (Å²) in [5.74, 6) is 1.73. The maximum absolute atomic E-state index is 5.87. The van der Waals surface area contributed by atoms with Gasteiger partial charge in [0.25, 0.3) is 0 Å². The van der Waals surface area contributed by atoms with Gasteiger partial charge in [-0.05, 0) is 49.9 Å². The number of hydrogen-bond acceptors (Lipinski definition) is 3. The molecule has 0 amide bonds. The van der Waals surface area contributed by atoms with Crippen molar-refractivity contribution in [2.75, 3.05) is 20.2 Å². The number of aryl methyl sites for hydroxylation is 2. The predicted octanol–water partition coefficient (Wildman–Crippen LogP) is 3.39. The molecule has 2 N–H and O–H groups in total. The van der Waals surface area contributed by atoms with E-state index in [2.05, 4.69) is 58.7 Å². The average molecular weight is 354 g/mol. The lowest BCUT2D eigenvalue weighted by Gasteiger charge is -2.15. The Morgan fingerprint density at radius 3 is 2.69 bits per heavy atom. The Morgan fingerprint density at radius 2 is 2.00 bits per heavy atom. The maximum atomic E-state index is 5.87. The fraction of sp³-hybridized carbons (Fsp3) is 0.429. The van der Waals surface area contributed by atoms with Crippen LogP contribution in [0.4, 0.5) is 0 Å². The zero-order valence-corrected chi connectivity index (χ0v) is 16.3. The first kappa shape index (κ1) is 19.8. The number of rotatable bonds is 8. The Kier molecular flexibility index (Phi) is 7.93. The lowest BCUT2D eigenvalue weighted by atomic mass is 10.1. The molecule has 1 aromatic heterocycles. The van der Waals surface area contributed by atoms with Gasteiger partial charge in [-0.25, -0.2) is 0 Å². The second-order valence-corrected chi connectivity index (χ2v) is 6.37. The third kappa shape index (κ3) is 6.39. The number of benzene rings is 1. The number of aliphatic imine (C=N–C) groups is 1. The van der Waals surface area contributed by atoms with Crippen LogP contribution in [-0.4, -0.2) is 31.1 Å². The van der Waals surface area contributed by atoms with Crippen molar-refractivity contribution in [3.63, 3.8) is 0 Å². The summed E-state index contributed by atoms with van der Waals surface area (Å²) >= 11 is 0. The van der Waals surface area contributed by atoms with E-state index in [9.17, 15) is 0 Å². The topological polar surface area (TPSA) is 58.5 Å². The molecule has 0 bridgehead atoms. The molecule has 1 heterocycles. The highest BCUT2D eigenvalue weighted by Crippen LogP contribution is 2.20. The number of nitrogens with one attached hydrogen (secondary N) is 2. The van der Waals surface area contributed by atoms with Crippen LogP contribution in [-0.2, 0) is 13.0 Å². The first-order valence-electron chi connectivity index (χ1n) is 9.20. The van der Waals surface area contributed by atoms with Gasteiger partial charge >= 0.3 is 0 Å². The summed E-state index contributed by atoms with van der Waals surface area (Å²) in [5, 5.41) is 6.71. The molecule has 0 unspecified atom stereocenters. The Balaban J connectivity index is 1.85. The van der Waals surface area contributed by atoms with Gasteiger partial charge in [0.05, 0.1) is 6.61 Å². The van der Waals surface area contributed by atoms with Gasteiger partial charge in [0.1, 0.15) is 5.75 Å². The second-order valence-electron chi connectivity index (χ2n) is 6.37. The Labute approximate surface area is 156 Å². The highest BCUT2D eigenvalue weighted by Gasteiger charge is 2.06. The van der Waals surface area contributed by atoms with Crippen LogP contribution in [0.2, 0.25) is 0 Å². The van der Waals surface area contributed by atoms with Crippen LogP contribution in [0.25, 0.3) is 0 Å². The fourth-order valence-corrected chi connectivity index (χ4v) is 2.53. The summed E-state index contributed by atoms with van der Waals surface area (Å²) in [7, 11) is 1.78. The van der Waals surface area contributed by atoms with Crippen molar-refractivity contribution in [2.45, 2.75) is 40.2 Å². The summed E-state index contributed by atoms with van der Waals surface area (Å²) in [6, 6.07) is 10.5. The molecule has 2 aromatic rings. The molecule has 0 saturated heterocycles. The third-order valence-electron chi connectivity index (χ3n) is 4.03. The SMILES string of the molecule is CCCOc1cc(C)ccc1CNC(=NC)NCCc1ccc(C)nc1. The lowest BCUT2D eigenvalue weighted by Crippen LogP contribution is -2.37. The molecular weight excluding hydrogens is 324 g/mol. The number of hydrogen-bond donors (Lipinski definition) is 2. The molecule has 0 atom stereocenters. The molecule has 1 aromatic carbocycles. The highest BCUT2D eigenvalue weighted by atomic mass is 16.5. The molecule has 0 aliphatic rings. The molecular formula is C21H30N4O. The van der Waals surface area contributed by atoms with Gasteiger partial charge < -0.3 is 15.4 Å². The van der Waals surface area contributed by atoms with E-state index in [1.165, 1.54) is 11.1 Å². The van der Waals surface area contributed by atoms with E-state index in [0.717, 1.165) is 49.0 Å². The van der Waals surface area contributed by atoms with Crippen molar-refractivity contribution in [3.05, 3.63) is 58.9 Å². The standard InChI is InChI=1S/C21H30N4O/c1-5-12-26-20-13-16(2)6-9-19(20)15-25-21(22-4)23-11-10-18-8-7-17(3)24-14-18/h6-9,13-14H,5,10-12,15H2,1-4H3,(H2,22,23,25). The molecule has 0 aliphatic heterocycles. The van der Waals surface area contributed by atoms with Gasteiger partial charge in [0.15, 0.2) is 5.96 Å². The summed E-state index contributed by atoms with van der Waals surface area (Å²) < 4.78 is 5.87. The lowest BCUT2D eigenvalue weighted by molar-refractivity contribution is 0.313. The molecule has 0 radical (unpaired) electrons. The average Bonchev–Trinajstić information content (AvgIpc) is 2.65. The molecule has 0 spiro atoms. The molecule has 5 nitrogen and oxygen atoms in total. The Bertz CT molecular complexity index is 710. The monoisotopic (exact) mass is 354 g/mol. The number of ether oxygens (including phenoxy) is 1. The summed E-state index contributed by atoms with van der Waals surface area (Å²) in [6.07, 6.45) is 3.83. The molecule has 26 heavy (non-hydrogen) atoms. The van der Waals surface area contributed by atoms with Crippen molar-refractivity contribution in [2.24, 2.45) is 4.99 Å². The van der Waals surface area contributed by atoms with Crippen LogP contribution >= 0.6 is 0 Å². The van der Waals surface area contributed by atoms with Crippen LogP contribution in [0, 0.1) is 13.8 Å². The molecule has 0 fully saturated rings. The maximum Gasteiger partial charge on any atom is 0.191 e. The summed E-state index contributed by atoms with van der Waals surface area (Å²) in [6.45, 7) is 8.40. The van der Waals surface area contributed by atoms with Crippen LogP contribution in [0.15, 0.2) is 41.5 Å². The number of nitrogens with zero attached hydrogens (tertiary/aromatic N) is 2. The third-order valence-corrected chi connectivity index (χ3v) is 4.03. The summed E-state index contributed by atoms with van der Waals surface area (Å²) in [5.41, 5.74) is 4.59. The molecule has 5 heteroatoms. The minimum absolute atomic E-state index is 0.672. The van der Waals surface area contributed by atoms with Crippen molar-refractivity contribution < 1.29 is 4.74 Å². The number of guanidine groups is 1. The van der Waals surface area contributed by atoms with Crippen molar-refractivity contribution in [1.82, 2.24) is 15.6 Å². The zero-order chi connectivity index (χ0) is 18.8. The van der Waals surface area contributed by atoms with Gasteiger partial charge in [-0.15, -0.1) is 0 Å². The van der Waals surface area contributed by atoms with E-state index in [-0.39, 0.29) is 0 Å². The Morgan fingerprint density at radius 1 is 1.15 bits per heavy atom. The smallest absolute Gasteiger partial charge is 0.191 e. The van der Waals surface area contributed by atoms with Crippen LogP contribution in [0.3, 0.4) is 0 Å². The predicted molar refractivity (Wildman–Crippen MR) is 108 cm³/mol. The van der Waals surface area contributed by atoms with Gasteiger partial charge in [-0.1, -0.05) is 25.1 Å². The minimum Gasteiger partial charge on any atom is -0.493 e.